The van der Waals surface area contributed by atoms with Crippen molar-refractivity contribution in [1.82, 2.24) is 5.32 Å². The van der Waals surface area contributed by atoms with Crippen LogP contribution in [0.4, 0.5) is 15.8 Å². The van der Waals surface area contributed by atoms with Crippen molar-refractivity contribution in [3.05, 3.63) is 87.2 Å². The number of halogens is 1. The van der Waals surface area contributed by atoms with Gasteiger partial charge in [0.05, 0.1) is 22.7 Å². The molecule has 1 atom stereocenters. The van der Waals surface area contributed by atoms with Crippen molar-refractivity contribution in [3.8, 4) is 11.3 Å². The molecule has 0 saturated heterocycles. The molecule has 5 rings (SSSR count). The number of hydrogen-bond donors (Lipinski definition) is 2. The number of sulfone groups is 1. The highest BCUT2D eigenvalue weighted by atomic mass is 32.2. The second kappa shape index (κ2) is 10.7. The third-order valence-electron chi connectivity index (χ3n) is 6.82. The zero-order valence-electron chi connectivity index (χ0n) is 21.8. The molecule has 4 aromatic rings. The Morgan fingerprint density at radius 3 is 2.44 bits per heavy atom. The number of anilines is 1. The molecule has 0 aliphatic heterocycles. The number of amides is 1. The monoisotopic (exact) mass is 601 g/mol. The van der Waals surface area contributed by atoms with Gasteiger partial charge in [-0.05, 0) is 66.3 Å². The highest BCUT2D eigenvalue weighted by Crippen LogP contribution is 2.48. The molecular formula is C27H24FN3O8S2. The summed E-state index contributed by atoms with van der Waals surface area (Å²) in [6, 6.07) is 12.2. The third-order valence-corrected chi connectivity index (χ3v) is 8.65. The predicted octanol–water partition coefficient (Wildman–Crippen LogP) is 4.93. The van der Waals surface area contributed by atoms with E-state index < -0.39 is 48.3 Å². The van der Waals surface area contributed by atoms with Gasteiger partial charge >= 0.3 is 0 Å². The normalized spacial score (nSPS) is 14.1. The molecule has 1 aliphatic rings. The van der Waals surface area contributed by atoms with E-state index in [9.17, 15) is 36.5 Å². The summed E-state index contributed by atoms with van der Waals surface area (Å²) in [6.07, 6.45) is 2.45. The van der Waals surface area contributed by atoms with Gasteiger partial charge in [-0.1, -0.05) is 6.07 Å². The van der Waals surface area contributed by atoms with Gasteiger partial charge in [0.2, 0.25) is 0 Å². The molecule has 0 bridgehead atoms. The summed E-state index contributed by atoms with van der Waals surface area (Å²) >= 11 is -2.60. The average molecular weight is 602 g/mol. The van der Waals surface area contributed by atoms with Crippen LogP contribution in [-0.4, -0.2) is 41.3 Å². The topological polar surface area (TPSA) is 160 Å². The third kappa shape index (κ3) is 5.58. The number of nitrogens with one attached hydrogen (secondary N) is 1. The van der Waals surface area contributed by atoms with Crippen molar-refractivity contribution >= 4 is 49.4 Å². The van der Waals surface area contributed by atoms with Gasteiger partial charge in [0.25, 0.3) is 22.9 Å². The van der Waals surface area contributed by atoms with Crippen LogP contribution >= 0.6 is 0 Å². The minimum atomic E-state index is -3.98. The Morgan fingerprint density at radius 2 is 1.88 bits per heavy atom. The molecule has 1 heterocycles. The zero-order chi connectivity index (χ0) is 29.6. The van der Waals surface area contributed by atoms with Gasteiger partial charge in [-0.25, -0.2) is 17.0 Å². The van der Waals surface area contributed by atoms with E-state index in [-0.39, 0.29) is 34.9 Å². The lowest BCUT2D eigenvalue weighted by Crippen LogP contribution is -2.26. The first-order valence-electron chi connectivity index (χ1n) is 12.3. The molecule has 1 saturated carbocycles. The Bertz CT molecular complexity index is 1830. The largest absolute Gasteiger partial charge is 0.455 e. The van der Waals surface area contributed by atoms with Gasteiger partial charge in [0, 0.05) is 36.4 Å². The number of fused-ring (bicyclic) bond motifs is 1. The van der Waals surface area contributed by atoms with Crippen LogP contribution in [0.3, 0.4) is 0 Å². The Balaban J connectivity index is 1.67. The Kier molecular flexibility index (Phi) is 7.40. The average Bonchev–Trinajstić information content (AvgIpc) is 3.70. The van der Waals surface area contributed by atoms with E-state index in [2.05, 4.69) is 5.32 Å². The number of benzene rings is 3. The molecule has 3 aromatic carbocycles. The van der Waals surface area contributed by atoms with Gasteiger partial charge in [-0.3, -0.25) is 23.8 Å². The van der Waals surface area contributed by atoms with Crippen LogP contribution in [0.5, 0.6) is 0 Å². The zero-order valence-corrected chi connectivity index (χ0v) is 23.4. The van der Waals surface area contributed by atoms with E-state index in [4.69, 9.17) is 4.42 Å². The molecule has 1 aromatic heterocycles. The lowest BCUT2D eigenvalue weighted by atomic mass is 10.00. The lowest BCUT2D eigenvalue weighted by Gasteiger charge is -2.23. The van der Waals surface area contributed by atoms with E-state index in [0.29, 0.717) is 22.2 Å². The van der Waals surface area contributed by atoms with E-state index in [0.717, 1.165) is 35.5 Å². The molecule has 1 aliphatic carbocycles. The fourth-order valence-electron chi connectivity index (χ4n) is 4.74. The van der Waals surface area contributed by atoms with Crippen molar-refractivity contribution in [2.24, 2.45) is 0 Å². The fourth-order valence-corrected chi connectivity index (χ4v) is 6.21. The molecule has 0 spiro atoms. The SMILES string of the molecule is CNC(=O)c1c(-c2ccc(F)cc2)oc2cc(N(Cc3ccc([N+](=O)[O-])c(S(C)(=O)=O)c3)S(=O)O)c(C3CC3)cc12. The van der Waals surface area contributed by atoms with Crippen LogP contribution < -0.4 is 9.62 Å². The van der Waals surface area contributed by atoms with Crippen LogP contribution in [0.1, 0.15) is 40.2 Å². The van der Waals surface area contributed by atoms with Crippen molar-refractivity contribution in [1.29, 1.82) is 0 Å². The van der Waals surface area contributed by atoms with E-state index in [1.165, 1.54) is 37.4 Å². The first-order valence-corrected chi connectivity index (χ1v) is 15.3. The van der Waals surface area contributed by atoms with Crippen LogP contribution in [0.15, 0.2) is 63.9 Å². The van der Waals surface area contributed by atoms with Crippen LogP contribution in [-0.2, 0) is 27.6 Å². The molecule has 11 nitrogen and oxygen atoms in total. The molecule has 41 heavy (non-hydrogen) atoms. The summed E-state index contributed by atoms with van der Waals surface area (Å²) in [5.74, 6) is -0.663. The Morgan fingerprint density at radius 1 is 1.20 bits per heavy atom. The van der Waals surface area contributed by atoms with Gasteiger partial charge in [0.15, 0.2) is 9.84 Å². The maximum Gasteiger partial charge on any atom is 0.287 e. The summed E-state index contributed by atoms with van der Waals surface area (Å²) in [4.78, 5) is 23.0. The molecule has 1 fully saturated rings. The number of nitro groups is 1. The van der Waals surface area contributed by atoms with Crippen molar-refractivity contribution < 1.29 is 35.7 Å². The summed E-state index contributed by atoms with van der Waals surface area (Å²) in [7, 11) is -2.51. The Labute approximate surface area is 236 Å². The van der Waals surface area contributed by atoms with E-state index in [1.807, 2.05) is 0 Å². The first kappa shape index (κ1) is 28.4. The highest BCUT2D eigenvalue weighted by molar-refractivity contribution is 7.90. The molecule has 214 valence electrons. The van der Waals surface area contributed by atoms with Crippen molar-refractivity contribution in [2.75, 3.05) is 17.6 Å². The minimum Gasteiger partial charge on any atom is -0.455 e. The fraction of sp³-hybridized carbons (Fsp3) is 0.222. The predicted molar refractivity (Wildman–Crippen MR) is 150 cm³/mol. The summed E-state index contributed by atoms with van der Waals surface area (Å²) in [5, 5.41) is 14.4. The maximum atomic E-state index is 13.6. The molecule has 2 N–H and O–H groups in total. The quantitative estimate of drug-likeness (QED) is 0.155. The lowest BCUT2D eigenvalue weighted by molar-refractivity contribution is -0.387. The maximum absolute atomic E-state index is 13.6. The Hall–Kier alpha value is -4.14. The first-order chi connectivity index (χ1) is 19.4. The van der Waals surface area contributed by atoms with Gasteiger partial charge in [0.1, 0.15) is 22.1 Å². The van der Waals surface area contributed by atoms with E-state index in [1.54, 1.807) is 12.1 Å². The van der Waals surface area contributed by atoms with Gasteiger partial charge in [-0.2, -0.15) is 0 Å². The van der Waals surface area contributed by atoms with E-state index >= 15 is 0 Å². The summed E-state index contributed by atoms with van der Waals surface area (Å²) < 4.78 is 68.3. The molecule has 14 heteroatoms. The number of hydrogen-bond acceptors (Lipinski definition) is 7. The smallest absolute Gasteiger partial charge is 0.287 e. The number of carbonyl (C=O) groups excluding carboxylic acids is 1. The standard InChI is InChI=1S/C27H24FN3O8S2/c1-29-27(32)25-20-12-19(16-4-5-16)22(13-23(20)39-26(25)17-6-8-18(28)9-7-17)30(40(35)36)14-15-3-10-21(31(33)34)24(11-15)41(2,37)38/h3,6-13,16H,4-5,14H2,1-2H3,(H,29,32)(H,35,36). The minimum absolute atomic E-state index is 0.0330. The summed E-state index contributed by atoms with van der Waals surface area (Å²) in [5.41, 5.74) is 1.57. The molecular weight excluding hydrogens is 577 g/mol. The van der Waals surface area contributed by atoms with Crippen molar-refractivity contribution in [2.45, 2.75) is 30.2 Å². The van der Waals surface area contributed by atoms with Gasteiger partial charge in [-0.15, -0.1) is 0 Å². The highest BCUT2D eigenvalue weighted by Gasteiger charge is 2.33. The van der Waals surface area contributed by atoms with Gasteiger partial charge < -0.3 is 9.73 Å². The van der Waals surface area contributed by atoms with Crippen LogP contribution in [0.25, 0.3) is 22.3 Å². The number of nitro benzene ring substituents is 1. The molecule has 1 unspecified atom stereocenters. The molecule has 1 amide bonds. The summed E-state index contributed by atoms with van der Waals surface area (Å²) in [6.45, 7) is -0.261. The number of carbonyl (C=O) groups is 1. The second-order valence-corrected chi connectivity index (χ2v) is 12.6. The number of nitrogens with zero attached hydrogens (tertiary/aromatic N) is 2. The van der Waals surface area contributed by atoms with Crippen molar-refractivity contribution in [3.63, 3.8) is 0 Å². The van der Waals surface area contributed by atoms with Crippen LogP contribution in [0.2, 0.25) is 0 Å². The van der Waals surface area contributed by atoms with Crippen LogP contribution in [0, 0.1) is 15.9 Å². The second-order valence-electron chi connectivity index (χ2n) is 9.67. The number of furan rings is 1. The number of rotatable bonds is 9. The molecule has 0 radical (unpaired) electrons.